The summed E-state index contributed by atoms with van der Waals surface area (Å²) in [6.07, 6.45) is 7.96. The topological polar surface area (TPSA) is 44.6 Å². The molecule has 0 aromatic carbocycles. The Balaban J connectivity index is 3.35. The van der Waals surface area contributed by atoms with Crippen LogP contribution in [0.1, 0.15) is 52.9 Å². The van der Waals surface area contributed by atoms with Crippen LogP contribution in [0.3, 0.4) is 0 Å². The number of hydrogen-bond donors (Lipinski definition) is 2. The van der Waals surface area contributed by atoms with Crippen LogP contribution in [0.25, 0.3) is 0 Å². The van der Waals surface area contributed by atoms with Crippen LogP contribution in [0.2, 0.25) is 0 Å². The Morgan fingerprint density at radius 2 is 1.86 bits per heavy atom. The summed E-state index contributed by atoms with van der Waals surface area (Å²) in [7, 11) is 0. The van der Waals surface area contributed by atoms with Gasteiger partial charge in [-0.25, -0.2) is 0 Å². The van der Waals surface area contributed by atoms with E-state index in [0.29, 0.717) is 0 Å². The average Bonchev–Trinajstić information content (AvgIpc) is 2.11. The second-order valence-corrected chi connectivity index (χ2v) is 4.31. The van der Waals surface area contributed by atoms with E-state index in [4.69, 9.17) is 5.21 Å². The molecule has 3 nitrogen and oxygen atoms in total. The highest BCUT2D eigenvalue weighted by molar-refractivity contribution is 5.68. The predicted octanol–water partition coefficient (Wildman–Crippen LogP) is 2.79. The van der Waals surface area contributed by atoms with Crippen molar-refractivity contribution in [1.29, 1.82) is 0 Å². The van der Waals surface area contributed by atoms with Crippen LogP contribution in [-0.4, -0.2) is 23.5 Å². The number of nitrogens with one attached hydrogen (secondary N) is 1. The first-order valence-corrected chi connectivity index (χ1v) is 5.56. The first kappa shape index (κ1) is 13.4. The summed E-state index contributed by atoms with van der Waals surface area (Å²) in [4.78, 5) is 0. The molecule has 0 aromatic heterocycles. The second-order valence-electron chi connectivity index (χ2n) is 4.31. The van der Waals surface area contributed by atoms with Crippen molar-refractivity contribution in [2.75, 3.05) is 6.54 Å². The van der Waals surface area contributed by atoms with E-state index in [1.807, 2.05) is 13.8 Å². The molecule has 0 unspecified atom stereocenters. The molecule has 2 N–H and O–H groups in total. The summed E-state index contributed by atoms with van der Waals surface area (Å²) in [6, 6.07) is 0. The second kappa shape index (κ2) is 7.80. The molecule has 0 saturated carbocycles. The highest BCUT2D eigenvalue weighted by atomic mass is 16.4. The summed E-state index contributed by atoms with van der Waals surface area (Å²) in [5, 5.41) is 14.8. The fourth-order valence-corrected chi connectivity index (χ4v) is 1.33. The van der Waals surface area contributed by atoms with Gasteiger partial charge in [-0.3, -0.25) is 0 Å². The van der Waals surface area contributed by atoms with Crippen molar-refractivity contribution in [2.24, 2.45) is 5.16 Å². The van der Waals surface area contributed by atoms with Gasteiger partial charge < -0.3 is 10.5 Å². The number of oxime groups is 1. The Morgan fingerprint density at radius 3 is 2.43 bits per heavy atom. The smallest absolute Gasteiger partial charge is 0.0631 e. The van der Waals surface area contributed by atoms with Crippen molar-refractivity contribution in [1.82, 2.24) is 5.32 Å². The first-order chi connectivity index (χ1) is 6.62. The Hall–Kier alpha value is -0.570. The molecule has 0 heterocycles. The highest BCUT2D eigenvalue weighted by Gasteiger charge is 2.12. The normalized spacial score (nSPS) is 12.5. The molecule has 0 aromatic rings. The molecule has 84 valence electrons. The van der Waals surface area contributed by atoms with Crippen LogP contribution >= 0.6 is 0 Å². The van der Waals surface area contributed by atoms with E-state index in [0.717, 1.165) is 6.54 Å². The largest absolute Gasteiger partial charge is 0.411 e. The minimum atomic E-state index is -0.195. The Kier molecular flexibility index (Phi) is 7.48. The van der Waals surface area contributed by atoms with E-state index in [9.17, 15) is 0 Å². The van der Waals surface area contributed by atoms with Crippen LogP contribution in [0, 0.1) is 0 Å². The fraction of sp³-hybridized carbons (Fsp3) is 0.909. The molecule has 0 aliphatic carbocycles. The van der Waals surface area contributed by atoms with Crippen molar-refractivity contribution in [3.63, 3.8) is 0 Å². The SMILES string of the molecule is CCCCCCCNC(C)(C)/C=N/O. The van der Waals surface area contributed by atoms with Crippen molar-refractivity contribution in [3.05, 3.63) is 0 Å². The zero-order chi connectivity index (χ0) is 10.9. The highest BCUT2D eigenvalue weighted by Crippen LogP contribution is 2.03. The third kappa shape index (κ3) is 8.05. The minimum absolute atomic E-state index is 0.195. The molecule has 0 amide bonds. The van der Waals surface area contributed by atoms with E-state index in [2.05, 4.69) is 17.4 Å². The van der Waals surface area contributed by atoms with E-state index in [1.165, 1.54) is 38.3 Å². The van der Waals surface area contributed by atoms with Crippen molar-refractivity contribution in [3.8, 4) is 0 Å². The van der Waals surface area contributed by atoms with Gasteiger partial charge >= 0.3 is 0 Å². The Labute approximate surface area is 87.6 Å². The number of unbranched alkanes of at least 4 members (excludes halogenated alkanes) is 4. The van der Waals surface area contributed by atoms with E-state index < -0.39 is 0 Å². The van der Waals surface area contributed by atoms with Crippen molar-refractivity contribution >= 4 is 6.21 Å². The minimum Gasteiger partial charge on any atom is -0.411 e. The molecule has 0 rings (SSSR count). The van der Waals surface area contributed by atoms with Gasteiger partial charge in [0.05, 0.1) is 11.8 Å². The van der Waals surface area contributed by atoms with Gasteiger partial charge in [-0.1, -0.05) is 32.6 Å². The monoisotopic (exact) mass is 200 g/mol. The molecule has 0 aliphatic heterocycles. The molecular weight excluding hydrogens is 176 g/mol. The van der Waals surface area contributed by atoms with Gasteiger partial charge in [0, 0.05) is 0 Å². The fourth-order valence-electron chi connectivity index (χ4n) is 1.33. The summed E-state index contributed by atoms with van der Waals surface area (Å²) in [5.41, 5.74) is -0.195. The molecule has 0 fully saturated rings. The first-order valence-electron chi connectivity index (χ1n) is 5.56. The number of nitrogens with zero attached hydrogens (tertiary/aromatic N) is 1. The summed E-state index contributed by atoms with van der Waals surface area (Å²) in [5.74, 6) is 0. The van der Waals surface area contributed by atoms with Crippen LogP contribution in [0.4, 0.5) is 0 Å². The number of rotatable bonds is 8. The Morgan fingerprint density at radius 1 is 1.21 bits per heavy atom. The lowest BCUT2D eigenvalue weighted by Gasteiger charge is -2.20. The molecular formula is C11H24N2O. The van der Waals surface area contributed by atoms with Gasteiger partial charge in [-0.15, -0.1) is 5.16 Å². The van der Waals surface area contributed by atoms with Crippen molar-refractivity contribution < 1.29 is 5.21 Å². The van der Waals surface area contributed by atoms with Crippen molar-refractivity contribution in [2.45, 2.75) is 58.4 Å². The molecule has 0 bridgehead atoms. The van der Waals surface area contributed by atoms with Gasteiger partial charge in [0.1, 0.15) is 0 Å². The third-order valence-electron chi connectivity index (χ3n) is 2.24. The lowest BCUT2D eigenvalue weighted by atomic mass is 10.1. The molecule has 0 radical (unpaired) electrons. The van der Waals surface area contributed by atoms with E-state index in [1.54, 1.807) is 0 Å². The van der Waals surface area contributed by atoms with Gasteiger partial charge in [-0.2, -0.15) is 0 Å². The zero-order valence-electron chi connectivity index (χ0n) is 9.71. The lowest BCUT2D eigenvalue weighted by molar-refractivity contribution is 0.315. The Bertz CT molecular complexity index is 155. The van der Waals surface area contributed by atoms with Gasteiger partial charge in [0.15, 0.2) is 0 Å². The lowest BCUT2D eigenvalue weighted by Crippen LogP contribution is -2.41. The van der Waals surface area contributed by atoms with Crippen LogP contribution in [-0.2, 0) is 0 Å². The molecule has 0 spiro atoms. The van der Waals surface area contributed by atoms with E-state index >= 15 is 0 Å². The standard InChI is InChI=1S/C11H24N2O/c1-4-5-6-7-8-9-12-11(2,3)10-13-14/h10,12,14H,4-9H2,1-3H3/b13-10+. The zero-order valence-corrected chi connectivity index (χ0v) is 9.71. The van der Waals surface area contributed by atoms with Gasteiger partial charge in [0.2, 0.25) is 0 Å². The molecule has 14 heavy (non-hydrogen) atoms. The van der Waals surface area contributed by atoms with Crippen LogP contribution < -0.4 is 5.32 Å². The summed E-state index contributed by atoms with van der Waals surface area (Å²) < 4.78 is 0. The van der Waals surface area contributed by atoms with Gasteiger partial charge in [0.25, 0.3) is 0 Å². The quantitative estimate of drug-likeness (QED) is 0.274. The molecule has 0 saturated heterocycles. The molecule has 3 heteroatoms. The molecule has 0 aliphatic rings. The number of hydrogen-bond acceptors (Lipinski definition) is 3. The maximum absolute atomic E-state index is 8.40. The molecule has 0 atom stereocenters. The summed E-state index contributed by atoms with van der Waals surface area (Å²) in [6.45, 7) is 7.21. The maximum Gasteiger partial charge on any atom is 0.0631 e. The third-order valence-corrected chi connectivity index (χ3v) is 2.24. The van der Waals surface area contributed by atoms with Gasteiger partial charge in [-0.05, 0) is 26.8 Å². The predicted molar refractivity (Wildman–Crippen MR) is 61.1 cm³/mol. The van der Waals surface area contributed by atoms with Crippen LogP contribution in [0.15, 0.2) is 5.16 Å². The van der Waals surface area contributed by atoms with E-state index in [-0.39, 0.29) is 5.54 Å². The van der Waals surface area contributed by atoms with Crippen LogP contribution in [0.5, 0.6) is 0 Å². The maximum atomic E-state index is 8.40. The summed E-state index contributed by atoms with van der Waals surface area (Å²) >= 11 is 0. The average molecular weight is 200 g/mol.